The van der Waals surface area contributed by atoms with Gasteiger partial charge in [0.25, 0.3) is 0 Å². The zero-order valence-electron chi connectivity index (χ0n) is 10.3. The minimum Gasteiger partial charge on any atom is -0.378 e. The Balaban J connectivity index is 2.56. The maximum absolute atomic E-state index is 5.38. The van der Waals surface area contributed by atoms with Crippen molar-refractivity contribution in [2.75, 3.05) is 31.2 Å². The fraction of sp³-hybridized carbons (Fsp3) is 0.636. The SMILES string of the molecule is CC(C)N(CCOCCN)c1ncc(Br)cn1. The lowest BCUT2D eigenvalue weighted by atomic mass is 10.3. The Bertz CT molecular complexity index is 318. The van der Waals surface area contributed by atoms with Gasteiger partial charge in [0, 0.05) is 31.5 Å². The molecule has 1 heterocycles. The number of hydrogen-bond donors (Lipinski definition) is 1. The van der Waals surface area contributed by atoms with Crippen LogP contribution in [0.3, 0.4) is 0 Å². The molecule has 0 aliphatic heterocycles. The summed E-state index contributed by atoms with van der Waals surface area (Å²) < 4.78 is 6.26. The Hall–Kier alpha value is -0.720. The molecule has 17 heavy (non-hydrogen) atoms. The summed E-state index contributed by atoms with van der Waals surface area (Å²) >= 11 is 3.32. The monoisotopic (exact) mass is 302 g/mol. The molecule has 0 bridgehead atoms. The predicted octanol–water partition coefficient (Wildman–Crippen LogP) is 1.43. The van der Waals surface area contributed by atoms with E-state index < -0.39 is 0 Å². The average molecular weight is 303 g/mol. The molecule has 0 saturated heterocycles. The van der Waals surface area contributed by atoms with Gasteiger partial charge in [-0.15, -0.1) is 0 Å². The number of aromatic nitrogens is 2. The van der Waals surface area contributed by atoms with E-state index in [1.54, 1.807) is 12.4 Å². The lowest BCUT2D eigenvalue weighted by molar-refractivity contribution is 0.146. The van der Waals surface area contributed by atoms with E-state index in [1.165, 1.54) is 0 Å². The first-order valence-corrected chi connectivity index (χ1v) is 6.46. The molecule has 0 atom stereocenters. The summed E-state index contributed by atoms with van der Waals surface area (Å²) in [5.74, 6) is 0.722. The van der Waals surface area contributed by atoms with E-state index in [0.717, 1.165) is 17.0 Å². The minimum atomic E-state index is 0.331. The molecule has 0 unspecified atom stereocenters. The smallest absolute Gasteiger partial charge is 0.225 e. The van der Waals surface area contributed by atoms with Crippen molar-refractivity contribution in [2.45, 2.75) is 19.9 Å². The predicted molar refractivity (Wildman–Crippen MR) is 72.1 cm³/mol. The number of nitrogens with two attached hydrogens (primary N) is 1. The van der Waals surface area contributed by atoms with Crippen LogP contribution in [0.25, 0.3) is 0 Å². The van der Waals surface area contributed by atoms with Gasteiger partial charge >= 0.3 is 0 Å². The maximum atomic E-state index is 5.38. The third-order valence-corrected chi connectivity index (χ3v) is 2.64. The first-order chi connectivity index (χ1) is 8.15. The van der Waals surface area contributed by atoms with Gasteiger partial charge in [0.2, 0.25) is 5.95 Å². The zero-order valence-corrected chi connectivity index (χ0v) is 11.9. The van der Waals surface area contributed by atoms with E-state index in [2.05, 4.69) is 44.6 Å². The second-order valence-corrected chi connectivity index (χ2v) is 4.81. The Morgan fingerprint density at radius 1 is 1.35 bits per heavy atom. The molecule has 0 aromatic carbocycles. The van der Waals surface area contributed by atoms with E-state index in [0.29, 0.717) is 25.8 Å². The fourth-order valence-corrected chi connectivity index (χ4v) is 1.60. The topological polar surface area (TPSA) is 64.3 Å². The fourth-order valence-electron chi connectivity index (χ4n) is 1.39. The molecular weight excluding hydrogens is 284 g/mol. The summed E-state index contributed by atoms with van der Waals surface area (Å²) in [4.78, 5) is 10.7. The molecule has 1 aromatic heterocycles. The van der Waals surface area contributed by atoms with Crippen molar-refractivity contribution in [2.24, 2.45) is 5.73 Å². The molecule has 0 amide bonds. The van der Waals surface area contributed by atoms with Gasteiger partial charge in [0.15, 0.2) is 0 Å². The number of hydrogen-bond acceptors (Lipinski definition) is 5. The number of ether oxygens (including phenoxy) is 1. The summed E-state index contributed by atoms with van der Waals surface area (Å²) in [7, 11) is 0. The quantitative estimate of drug-likeness (QED) is 0.772. The summed E-state index contributed by atoms with van der Waals surface area (Å²) in [6.45, 7) is 6.75. The molecule has 1 aromatic rings. The van der Waals surface area contributed by atoms with E-state index >= 15 is 0 Å². The third-order valence-electron chi connectivity index (χ3n) is 2.23. The zero-order chi connectivity index (χ0) is 12.7. The highest BCUT2D eigenvalue weighted by atomic mass is 79.9. The van der Waals surface area contributed by atoms with Crippen molar-refractivity contribution in [3.05, 3.63) is 16.9 Å². The van der Waals surface area contributed by atoms with Crippen molar-refractivity contribution in [3.8, 4) is 0 Å². The van der Waals surface area contributed by atoms with Crippen LogP contribution >= 0.6 is 15.9 Å². The van der Waals surface area contributed by atoms with Crippen LogP contribution in [0.5, 0.6) is 0 Å². The molecule has 2 N–H and O–H groups in total. The van der Waals surface area contributed by atoms with Crippen molar-refractivity contribution < 1.29 is 4.74 Å². The van der Waals surface area contributed by atoms with Crippen molar-refractivity contribution in [1.29, 1.82) is 0 Å². The average Bonchev–Trinajstić information content (AvgIpc) is 2.30. The van der Waals surface area contributed by atoms with Crippen LogP contribution in [-0.4, -0.2) is 42.3 Å². The first-order valence-electron chi connectivity index (χ1n) is 5.67. The summed E-state index contributed by atoms with van der Waals surface area (Å²) in [6.07, 6.45) is 3.50. The van der Waals surface area contributed by atoms with E-state index in [4.69, 9.17) is 10.5 Å². The standard InChI is InChI=1S/C11H19BrN4O/c1-9(2)16(4-6-17-5-3-13)11-14-7-10(12)8-15-11/h7-9H,3-6,13H2,1-2H3. The molecule has 0 aliphatic rings. The van der Waals surface area contributed by atoms with Crippen LogP contribution < -0.4 is 10.6 Å². The van der Waals surface area contributed by atoms with Crippen LogP contribution in [0, 0.1) is 0 Å². The lowest BCUT2D eigenvalue weighted by Gasteiger charge is -2.26. The summed E-state index contributed by atoms with van der Waals surface area (Å²) in [5, 5.41) is 0. The van der Waals surface area contributed by atoms with Crippen LogP contribution in [0.1, 0.15) is 13.8 Å². The Labute approximate surface area is 111 Å². The van der Waals surface area contributed by atoms with Crippen molar-refractivity contribution in [3.63, 3.8) is 0 Å². The largest absolute Gasteiger partial charge is 0.378 e. The van der Waals surface area contributed by atoms with Gasteiger partial charge in [0.1, 0.15) is 0 Å². The van der Waals surface area contributed by atoms with Gasteiger partial charge in [-0.1, -0.05) is 0 Å². The molecule has 0 aliphatic carbocycles. The summed E-state index contributed by atoms with van der Waals surface area (Å²) in [5.41, 5.74) is 5.36. The van der Waals surface area contributed by atoms with Crippen LogP contribution in [0.15, 0.2) is 16.9 Å². The number of halogens is 1. The van der Waals surface area contributed by atoms with Crippen LogP contribution in [0.2, 0.25) is 0 Å². The van der Waals surface area contributed by atoms with Gasteiger partial charge < -0.3 is 15.4 Å². The van der Waals surface area contributed by atoms with E-state index in [9.17, 15) is 0 Å². The van der Waals surface area contributed by atoms with E-state index in [1.807, 2.05) is 0 Å². The van der Waals surface area contributed by atoms with E-state index in [-0.39, 0.29) is 0 Å². The third kappa shape index (κ3) is 4.97. The molecule has 0 fully saturated rings. The Morgan fingerprint density at radius 2 is 2.00 bits per heavy atom. The number of rotatable bonds is 7. The minimum absolute atomic E-state index is 0.331. The molecular formula is C11H19BrN4O. The normalized spacial score (nSPS) is 10.9. The highest BCUT2D eigenvalue weighted by Gasteiger charge is 2.12. The first kappa shape index (κ1) is 14.3. The summed E-state index contributed by atoms with van der Waals surface area (Å²) in [6, 6.07) is 0.331. The highest BCUT2D eigenvalue weighted by Crippen LogP contribution is 2.13. The molecule has 0 saturated carbocycles. The molecule has 1 rings (SSSR count). The van der Waals surface area contributed by atoms with Gasteiger partial charge in [-0.05, 0) is 29.8 Å². The van der Waals surface area contributed by atoms with Crippen LogP contribution in [-0.2, 0) is 4.74 Å². The molecule has 0 spiro atoms. The lowest BCUT2D eigenvalue weighted by Crippen LogP contribution is -2.35. The van der Waals surface area contributed by atoms with Crippen molar-refractivity contribution in [1.82, 2.24) is 9.97 Å². The Kier molecular flexibility index (Phi) is 6.39. The Morgan fingerprint density at radius 3 is 2.53 bits per heavy atom. The maximum Gasteiger partial charge on any atom is 0.225 e. The highest BCUT2D eigenvalue weighted by molar-refractivity contribution is 9.10. The molecule has 6 heteroatoms. The van der Waals surface area contributed by atoms with Gasteiger partial charge in [-0.3, -0.25) is 0 Å². The number of anilines is 1. The molecule has 96 valence electrons. The van der Waals surface area contributed by atoms with Gasteiger partial charge in [-0.2, -0.15) is 0 Å². The second kappa shape index (κ2) is 7.58. The molecule has 5 nitrogen and oxygen atoms in total. The van der Waals surface area contributed by atoms with Gasteiger partial charge in [0.05, 0.1) is 17.7 Å². The van der Waals surface area contributed by atoms with Crippen LogP contribution in [0.4, 0.5) is 5.95 Å². The second-order valence-electron chi connectivity index (χ2n) is 3.89. The van der Waals surface area contributed by atoms with Gasteiger partial charge in [-0.25, -0.2) is 9.97 Å². The molecule has 0 radical (unpaired) electrons. The van der Waals surface area contributed by atoms with Crippen molar-refractivity contribution >= 4 is 21.9 Å². The number of nitrogens with zero attached hydrogens (tertiary/aromatic N) is 3.